The van der Waals surface area contributed by atoms with Crippen LogP contribution in [0.4, 0.5) is 0 Å². The van der Waals surface area contributed by atoms with Gasteiger partial charge in [-0.05, 0) is 37.6 Å². The molecule has 0 saturated carbocycles. The van der Waals surface area contributed by atoms with Crippen molar-refractivity contribution in [2.24, 2.45) is 0 Å². The monoisotopic (exact) mass is 217 g/mol. The molecule has 0 bridgehead atoms. The number of nitrogens with zero attached hydrogens (tertiary/aromatic N) is 1. The number of aliphatic hydroxyl groups excluding tert-OH is 1. The van der Waals surface area contributed by atoms with Gasteiger partial charge in [0, 0.05) is 11.5 Å². The summed E-state index contributed by atoms with van der Waals surface area (Å²) in [6, 6.07) is 7.70. The highest BCUT2D eigenvalue weighted by atomic mass is 16.5. The molecule has 0 spiro atoms. The summed E-state index contributed by atoms with van der Waals surface area (Å²) in [6.07, 6.45) is -0.547. The van der Waals surface area contributed by atoms with E-state index in [4.69, 9.17) is 4.74 Å². The van der Waals surface area contributed by atoms with E-state index in [2.05, 4.69) is 4.98 Å². The largest absolute Gasteiger partial charge is 0.497 e. The van der Waals surface area contributed by atoms with Crippen LogP contribution in [0.15, 0.2) is 24.3 Å². The fourth-order valence-electron chi connectivity index (χ4n) is 1.75. The molecule has 84 valence electrons. The second-order valence-corrected chi connectivity index (χ2v) is 3.92. The molecule has 0 aliphatic carbocycles. The van der Waals surface area contributed by atoms with Crippen molar-refractivity contribution in [3.05, 3.63) is 35.5 Å². The molecule has 1 unspecified atom stereocenters. The number of hydrogen-bond donors (Lipinski definition) is 1. The van der Waals surface area contributed by atoms with Crippen LogP contribution in [0, 0.1) is 6.92 Å². The molecular formula is C13H15NO2. The minimum atomic E-state index is -0.547. The molecular weight excluding hydrogens is 202 g/mol. The van der Waals surface area contributed by atoms with Crippen LogP contribution in [0.3, 0.4) is 0 Å². The fraction of sp³-hybridized carbons (Fsp3) is 0.308. The van der Waals surface area contributed by atoms with Gasteiger partial charge in [0.1, 0.15) is 5.75 Å². The van der Waals surface area contributed by atoms with Crippen LogP contribution in [0.25, 0.3) is 10.9 Å². The predicted molar refractivity (Wildman–Crippen MR) is 63.7 cm³/mol. The standard InChI is InChI=1S/C13H15NO2/c1-8-6-12(9(2)15)14-13-7-10(16-3)4-5-11(8)13/h4-7,9,15H,1-3H3. The van der Waals surface area contributed by atoms with Crippen molar-refractivity contribution < 1.29 is 9.84 Å². The maximum atomic E-state index is 9.54. The van der Waals surface area contributed by atoms with E-state index in [-0.39, 0.29) is 0 Å². The van der Waals surface area contributed by atoms with Crippen molar-refractivity contribution >= 4 is 10.9 Å². The van der Waals surface area contributed by atoms with Crippen LogP contribution in [0.5, 0.6) is 5.75 Å². The number of benzene rings is 1. The number of methoxy groups -OCH3 is 1. The van der Waals surface area contributed by atoms with Crippen LogP contribution in [-0.2, 0) is 0 Å². The Bertz CT molecular complexity index is 521. The van der Waals surface area contributed by atoms with E-state index in [0.717, 1.165) is 22.2 Å². The fourth-order valence-corrected chi connectivity index (χ4v) is 1.75. The second kappa shape index (κ2) is 4.10. The van der Waals surface area contributed by atoms with E-state index >= 15 is 0 Å². The SMILES string of the molecule is COc1ccc2c(C)cc(C(C)O)nc2c1. The Morgan fingerprint density at radius 2 is 2.06 bits per heavy atom. The zero-order chi connectivity index (χ0) is 11.7. The number of hydrogen-bond acceptors (Lipinski definition) is 3. The van der Waals surface area contributed by atoms with Gasteiger partial charge in [-0.1, -0.05) is 0 Å². The average Bonchev–Trinajstić information content (AvgIpc) is 2.28. The Kier molecular flexibility index (Phi) is 2.79. The van der Waals surface area contributed by atoms with Crippen LogP contribution < -0.4 is 4.74 Å². The number of ether oxygens (including phenoxy) is 1. The van der Waals surface area contributed by atoms with Crippen molar-refractivity contribution in [3.63, 3.8) is 0 Å². The van der Waals surface area contributed by atoms with Gasteiger partial charge in [0.2, 0.25) is 0 Å². The summed E-state index contributed by atoms with van der Waals surface area (Å²) in [6.45, 7) is 3.73. The third kappa shape index (κ3) is 1.86. The minimum Gasteiger partial charge on any atom is -0.497 e. The topological polar surface area (TPSA) is 42.4 Å². The number of fused-ring (bicyclic) bond motifs is 1. The van der Waals surface area contributed by atoms with Crippen LogP contribution >= 0.6 is 0 Å². The molecule has 0 amide bonds. The molecule has 1 N–H and O–H groups in total. The lowest BCUT2D eigenvalue weighted by atomic mass is 10.1. The van der Waals surface area contributed by atoms with Gasteiger partial charge in [-0.3, -0.25) is 0 Å². The lowest BCUT2D eigenvalue weighted by Crippen LogP contribution is -1.97. The number of aliphatic hydroxyl groups is 1. The Balaban J connectivity index is 2.68. The molecule has 1 aromatic carbocycles. The van der Waals surface area contributed by atoms with E-state index in [0.29, 0.717) is 5.69 Å². The van der Waals surface area contributed by atoms with Gasteiger partial charge in [-0.25, -0.2) is 4.98 Å². The van der Waals surface area contributed by atoms with E-state index < -0.39 is 6.10 Å². The zero-order valence-electron chi connectivity index (χ0n) is 9.69. The van der Waals surface area contributed by atoms with Gasteiger partial charge in [-0.15, -0.1) is 0 Å². The van der Waals surface area contributed by atoms with Crippen molar-refractivity contribution in [2.75, 3.05) is 7.11 Å². The average molecular weight is 217 g/mol. The van der Waals surface area contributed by atoms with Crippen molar-refractivity contribution in [1.82, 2.24) is 4.98 Å². The third-order valence-electron chi connectivity index (χ3n) is 2.67. The number of rotatable bonds is 2. The predicted octanol–water partition coefficient (Wildman–Crippen LogP) is 2.61. The first-order valence-electron chi connectivity index (χ1n) is 5.25. The molecule has 1 atom stereocenters. The quantitative estimate of drug-likeness (QED) is 0.840. The summed E-state index contributed by atoms with van der Waals surface area (Å²) in [5.41, 5.74) is 2.66. The molecule has 16 heavy (non-hydrogen) atoms. The lowest BCUT2D eigenvalue weighted by molar-refractivity contribution is 0.194. The van der Waals surface area contributed by atoms with Gasteiger partial charge >= 0.3 is 0 Å². The normalized spacial score (nSPS) is 12.8. The van der Waals surface area contributed by atoms with Gasteiger partial charge in [-0.2, -0.15) is 0 Å². The second-order valence-electron chi connectivity index (χ2n) is 3.92. The molecule has 1 aromatic heterocycles. The van der Waals surface area contributed by atoms with Crippen LogP contribution in [-0.4, -0.2) is 17.2 Å². The molecule has 0 aliphatic heterocycles. The van der Waals surface area contributed by atoms with E-state index in [1.807, 2.05) is 31.2 Å². The van der Waals surface area contributed by atoms with Gasteiger partial charge in [0.25, 0.3) is 0 Å². The molecule has 1 heterocycles. The first-order valence-corrected chi connectivity index (χ1v) is 5.25. The first kappa shape index (κ1) is 10.9. The minimum absolute atomic E-state index is 0.547. The van der Waals surface area contributed by atoms with E-state index in [1.54, 1.807) is 14.0 Å². The molecule has 3 heteroatoms. The first-order chi connectivity index (χ1) is 7.61. The van der Waals surface area contributed by atoms with Crippen molar-refractivity contribution in [3.8, 4) is 5.75 Å². The third-order valence-corrected chi connectivity index (χ3v) is 2.67. The Hall–Kier alpha value is -1.61. The molecule has 2 aromatic rings. The van der Waals surface area contributed by atoms with Crippen LogP contribution in [0.2, 0.25) is 0 Å². The Morgan fingerprint density at radius 1 is 1.31 bits per heavy atom. The number of aryl methyl sites for hydroxylation is 1. The summed E-state index contributed by atoms with van der Waals surface area (Å²) < 4.78 is 5.16. The van der Waals surface area contributed by atoms with Gasteiger partial charge in [0.15, 0.2) is 0 Å². The molecule has 0 saturated heterocycles. The molecule has 3 nitrogen and oxygen atoms in total. The summed E-state index contributed by atoms with van der Waals surface area (Å²) in [7, 11) is 1.63. The summed E-state index contributed by atoms with van der Waals surface area (Å²) in [4.78, 5) is 4.41. The molecule has 0 radical (unpaired) electrons. The van der Waals surface area contributed by atoms with Crippen LogP contribution in [0.1, 0.15) is 24.3 Å². The highest BCUT2D eigenvalue weighted by Crippen LogP contribution is 2.24. The van der Waals surface area contributed by atoms with Crippen molar-refractivity contribution in [2.45, 2.75) is 20.0 Å². The van der Waals surface area contributed by atoms with E-state index in [1.165, 1.54) is 0 Å². The van der Waals surface area contributed by atoms with Gasteiger partial charge < -0.3 is 9.84 Å². The number of aromatic nitrogens is 1. The smallest absolute Gasteiger partial charge is 0.121 e. The summed E-state index contributed by atoms with van der Waals surface area (Å²) in [5, 5.41) is 10.6. The molecule has 0 fully saturated rings. The van der Waals surface area contributed by atoms with Crippen molar-refractivity contribution in [1.29, 1.82) is 0 Å². The number of pyridine rings is 1. The summed E-state index contributed by atoms with van der Waals surface area (Å²) >= 11 is 0. The van der Waals surface area contributed by atoms with E-state index in [9.17, 15) is 5.11 Å². The highest BCUT2D eigenvalue weighted by Gasteiger charge is 2.07. The Labute approximate surface area is 94.7 Å². The summed E-state index contributed by atoms with van der Waals surface area (Å²) in [5.74, 6) is 0.780. The molecule has 0 aliphatic rings. The van der Waals surface area contributed by atoms with Gasteiger partial charge in [0.05, 0.1) is 24.4 Å². The lowest BCUT2D eigenvalue weighted by Gasteiger charge is -2.09. The Morgan fingerprint density at radius 3 is 2.69 bits per heavy atom. The maximum Gasteiger partial charge on any atom is 0.121 e. The molecule has 2 rings (SSSR count). The zero-order valence-corrected chi connectivity index (χ0v) is 9.69. The maximum absolute atomic E-state index is 9.54. The highest BCUT2D eigenvalue weighted by molar-refractivity contribution is 5.83.